The molecule has 0 saturated heterocycles. The third kappa shape index (κ3) is 3.06. The first kappa shape index (κ1) is 13.4. The van der Waals surface area contributed by atoms with Gasteiger partial charge in [0.2, 0.25) is 0 Å². The Hall–Kier alpha value is -2.01. The molecule has 5 heteroatoms. The molecule has 2 nitrogen and oxygen atoms in total. The molecule has 0 aliphatic heterocycles. The molecule has 0 saturated carbocycles. The van der Waals surface area contributed by atoms with Crippen molar-refractivity contribution in [3.05, 3.63) is 65.0 Å². The van der Waals surface area contributed by atoms with E-state index in [0.29, 0.717) is 17.4 Å². The summed E-state index contributed by atoms with van der Waals surface area (Å²) in [4.78, 5) is 0. The largest absolute Gasteiger partial charge is 0.488 e. The summed E-state index contributed by atoms with van der Waals surface area (Å²) in [7, 11) is 0. The van der Waals surface area contributed by atoms with Gasteiger partial charge in [-0.05, 0) is 12.1 Å². The van der Waals surface area contributed by atoms with E-state index in [1.165, 1.54) is 0 Å². The van der Waals surface area contributed by atoms with Gasteiger partial charge in [0.05, 0.1) is 6.61 Å². The van der Waals surface area contributed by atoms with Crippen LogP contribution in [0.1, 0.15) is 11.1 Å². The SMILES string of the molecule is OCc1ccccc1OCc1cc(F)c(F)cc1F. The lowest BCUT2D eigenvalue weighted by Gasteiger charge is -2.10. The first-order valence-electron chi connectivity index (χ1n) is 5.57. The summed E-state index contributed by atoms with van der Waals surface area (Å²) >= 11 is 0. The van der Waals surface area contributed by atoms with Crippen LogP contribution < -0.4 is 4.74 Å². The van der Waals surface area contributed by atoms with Gasteiger partial charge >= 0.3 is 0 Å². The van der Waals surface area contributed by atoms with Gasteiger partial charge in [0.1, 0.15) is 18.2 Å². The van der Waals surface area contributed by atoms with Crippen LogP contribution >= 0.6 is 0 Å². The Labute approximate surface area is 108 Å². The first-order valence-corrected chi connectivity index (χ1v) is 5.57. The second-order valence-electron chi connectivity index (χ2n) is 3.91. The van der Waals surface area contributed by atoms with E-state index >= 15 is 0 Å². The molecule has 2 rings (SSSR count). The number of ether oxygens (including phenoxy) is 1. The molecular weight excluding hydrogens is 257 g/mol. The van der Waals surface area contributed by atoms with Crippen LogP contribution in [0.2, 0.25) is 0 Å². The molecule has 0 atom stereocenters. The zero-order valence-corrected chi connectivity index (χ0v) is 9.87. The van der Waals surface area contributed by atoms with Crippen molar-refractivity contribution in [3.8, 4) is 5.75 Å². The molecule has 0 amide bonds. The van der Waals surface area contributed by atoms with E-state index in [0.717, 1.165) is 6.07 Å². The number of benzene rings is 2. The molecule has 0 fully saturated rings. The van der Waals surface area contributed by atoms with Crippen LogP contribution in [-0.2, 0) is 13.2 Å². The molecule has 0 heterocycles. The third-order valence-corrected chi connectivity index (χ3v) is 2.62. The predicted molar refractivity (Wildman–Crippen MR) is 63.0 cm³/mol. The Morgan fingerprint density at radius 1 is 0.895 bits per heavy atom. The number of halogens is 3. The Morgan fingerprint density at radius 2 is 1.58 bits per heavy atom. The van der Waals surface area contributed by atoms with Crippen molar-refractivity contribution >= 4 is 0 Å². The van der Waals surface area contributed by atoms with Gasteiger partial charge in [-0.3, -0.25) is 0 Å². The molecule has 19 heavy (non-hydrogen) atoms. The van der Waals surface area contributed by atoms with Crippen molar-refractivity contribution < 1.29 is 23.0 Å². The molecule has 0 bridgehead atoms. The smallest absolute Gasteiger partial charge is 0.161 e. The average Bonchev–Trinajstić information content (AvgIpc) is 2.41. The highest BCUT2D eigenvalue weighted by Gasteiger charge is 2.11. The lowest BCUT2D eigenvalue weighted by molar-refractivity contribution is 0.257. The summed E-state index contributed by atoms with van der Waals surface area (Å²) < 4.78 is 44.4. The lowest BCUT2D eigenvalue weighted by Crippen LogP contribution is -2.02. The number of hydrogen-bond acceptors (Lipinski definition) is 2. The minimum absolute atomic E-state index is 0.0911. The zero-order chi connectivity index (χ0) is 13.8. The van der Waals surface area contributed by atoms with Crippen molar-refractivity contribution in [1.29, 1.82) is 0 Å². The standard InChI is InChI=1S/C14H11F3O2/c15-11-6-13(17)12(16)5-10(11)8-19-14-4-2-1-3-9(14)7-18/h1-6,18H,7-8H2. The summed E-state index contributed by atoms with van der Waals surface area (Å²) in [6.07, 6.45) is 0. The van der Waals surface area contributed by atoms with Crippen LogP contribution in [0.5, 0.6) is 5.75 Å². The molecule has 2 aromatic rings. The highest BCUT2D eigenvalue weighted by Crippen LogP contribution is 2.21. The lowest BCUT2D eigenvalue weighted by atomic mass is 10.2. The topological polar surface area (TPSA) is 29.5 Å². The van der Waals surface area contributed by atoms with E-state index in [2.05, 4.69) is 0 Å². The number of para-hydroxylation sites is 1. The van der Waals surface area contributed by atoms with Crippen molar-refractivity contribution in [2.24, 2.45) is 0 Å². The van der Waals surface area contributed by atoms with E-state index in [9.17, 15) is 13.2 Å². The molecule has 0 radical (unpaired) electrons. The van der Waals surface area contributed by atoms with Gasteiger partial charge < -0.3 is 9.84 Å². The fourth-order valence-corrected chi connectivity index (χ4v) is 1.61. The van der Waals surface area contributed by atoms with Crippen LogP contribution in [0.15, 0.2) is 36.4 Å². The Balaban J connectivity index is 2.17. The van der Waals surface area contributed by atoms with Crippen molar-refractivity contribution in [2.75, 3.05) is 0 Å². The molecule has 0 aliphatic rings. The molecule has 0 unspecified atom stereocenters. The maximum atomic E-state index is 13.4. The molecular formula is C14H11F3O2. The quantitative estimate of drug-likeness (QED) is 0.863. The summed E-state index contributed by atoms with van der Waals surface area (Å²) in [5, 5.41) is 9.09. The highest BCUT2D eigenvalue weighted by molar-refractivity contribution is 5.33. The summed E-state index contributed by atoms with van der Waals surface area (Å²) in [6, 6.07) is 7.89. The average molecular weight is 268 g/mol. The highest BCUT2D eigenvalue weighted by atomic mass is 19.2. The maximum absolute atomic E-state index is 13.4. The fraction of sp³-hybridized carbons (Fsp3) is 0.143. The minimum Gasteiger partial charge on any atom is -0.488 e. The van der Waals surface area contributed by atoms with Gasteiger partial charge in [-0.2, -0.15) is 0 Å². The number of aliphatic hydroxyl groups is 1. The molecule has 1 N–H and O–H groups in total. The van der Waals surface area contributed by atoms with Crippen molar-refractivity contribution in [1.82, 2.24) is 0 Å². The fourth-order valence-electron chi connectivity index (χ4n) is 1.61. The van der Waals surface area contributed by atoms with Crippen molar-refractivity contribution in [2.45, 2.75) is 13.2 Å². The Bertz CT molecular complexity index is 585. The van der Waals surface area contributed by atoms with E-state index in [1.807, 2.05) is 0 Å². The normalized spacial score (nSPS) is 10.5. The van der Waals surface area contributed by atoms with E-state index in [4.69, 9.17) is 9.84 Å². The van der Waals surface area contributed by atoms with E-state index < -0.39 is 17.5 Å². The second kappa shape index (κ2) is 5.75. The molecule has 100 valence electrons. The van der Waals surface area contributed by atoms with Crippen LogP contribution in [0.3, 0.4) is 0 Å². The van der Waals surface area contributed by atoms with Gasteiger partial charge in [0, 0.05) is 17.2 Å². The van der Waals surface area contributed by atoms with Crippen LogP contribution in [0.25, 0.3) is 0 Å². The van der Waals surface area contributed by atoms with Gasteiger partial charge in [-0.1, -0.05) is 18.2 Å². The van der Waals surface area contributed by atoms with E-state index in [1.54, 1.807) is 24.3 Å². The first-order chi connectivity index (χ1) is 9.11. The zero-order valence-electron chi connectivity index (χ0n) is 9.87. The predicted octanol–water partition coefficient (Wildman–Crippen LogP) is 3.18. The molecule has 0 aliphatic carbocycles. The Kier molecular flexibility index (Phi) is 4.06. The van der Waals surface area contributed by atoms with Crippen LogP contribution in [0.4, 0.5) is 13.2 Å². The van der Waals surface area contributed by atoms with Gasteiger partial charge in [0.15, 0.2) is 11.6 Å². The number of rotatable bonds is 4. The molecule has 0 aromatic heterocycles. The summed E-state index contributed by atoms with van der Waals surface area (Å²) in [6.45, 7) is -0.476. The van der Waals surface area contributed by atoms with Crippen molar-refractivity contribution in [3.63, 3.8) is 0 Å². The summed E-state index contributed by atoms with van der Waals surface area (Å²) in [5.41, 5.74) is 0.442. The van der Waals surface area contributed by atoms with Crippen LogP contribution in [-0.4, -0.2) is 5.11 Å². The maximum Gasteiger partial charge on any atom is 0.161 e. The summed E-state index contributed by atoms with van der Waals surface area (Å²) in [5.74, 6) is -2.87. The number of hydrogen-bond donors (Lipinski definition) is 1. The number of aliphatic hydroxyl groups excluding tert-OH is 1. The van der Waals surface area contributed by atoms with Gasteiger partial charge in [-0.25, -0.2) is 13.2 Å². The van der Waals surface area contributed by atoms with Gasteiger partial charge in [-0.15, -0.1) is 0 Å². The monoisotopic (exact) mass is 268 g/mol. The minimum atomic E-state index is -1.24. The third-order valence-electron chi connectivity index (χ3n) is 2.62. The van der Waals surface area contributed by atoms with E-state index in [-0.39, 0.29) is 18.8 Å². The van der Waals surface area contributed by atoms with Gasteiger partial charge in [0.25, 0.3) is 0 Å². The van der Waals surface area contributed by atoms with Crippen LogP contribution in [0, 0.1) is 17.5 Å². The Morgan fingerprint density at radius 3 is 2.32 bits per heavy atom. The molecule has 2 aromatic carbocycles. The molecule has 0 spiro atoms. The second-order valence-corrected chi connectivity index (χ2v) is 3.91.